The molecule has 0 aromatic heterocycles. The number of barbiturate groups is 1. The van der Waals surface area contributed by atoms with E-state index < -0.39 is 40.8 Å². The molecule has 0 atom stereocenters. The van der Waals surface area contributed by atoms with Crippen LogP contribution in [0.25, 0.3) is 6.08 Å². The number of alkyl halides is 3. The van der Waals surface area contributed by atoms with E-state index in [0.29, 0.717) is 17.0 Å². The molecule has 4 amide bonds. The Labute approximate surface area is 171 Å². The first-order chi connectivity index (χ1) is 13.5. The zero-order chi connectivity index (χ0) is 21.5. The number of phenolic OH excluding ortho intramolecular Hbond substituents is 1. The Kier molecular flexibility index (Phi) is 5.29. The standard InChI is InChI=1S/C18H9Cl2F3N2O4/c19-11-3-2-9(18(21,22)23)7-13(11)25-16(28)10(15(27)24-17(25)29)5-8-1-4-14(26)12(20)6-8/h1-7,26H,(H,24,27,29)/b10-5-. The summed E-state index contributed by atoms with van der Waals surface area (Å²) in [6.45, 7) is 0. The maximum Gasteiger partial charge on any atom is 0.416 e. The van der Waals surface area contributed by atoms with Crippen molar-refractivity contribution in [3.05, 3.63) is 63.1 Å². The highest BCUT2D eigenvalue weighted by molar-refractivity contribution is 6.42. The van der Waals surface area contributed by atoms with Gasteiger partial charge in [-0.25, -0.2) is 9.69 Å². The van der Waals surface area contributed by atoms with Gasteiger partial charge in [0.25, 0.3) is 11.8 Å². The average Bonchev–Trinajstić information content (AvgIpc) is 2.62. The number of hydrogen-bond acceptors (Lipinski definition) is 4. The maximum atomic E-state index is 13.0. The van der Waals surface area contributed by atoms with Gasteiger partial charge in [0.05, 0.1) is 21.3 Å². The van der Waals surface area contributed by atoms with Gasteiger partial charge in [-0.05, 0) is 42.0 Å². The third-order valence-corrected chi connectivity index (χ3v) is 4.52. The van der Waals surface area contributed by atoms with E-state index in [1.54, 1.807) is 0 Å². The summed E-state index contributed by atoms with van der Waals surface area (Å²) in [4.78, 5) is 37.4. The Morgan fingerprint density at radius 1 is 1.00 bits per heavy atom. The van der Waals surface area contributed by atoms with Crippen molar-refractivity contribution in [1.29, 1.82) is 0 Å². The van der Waals surface area contributed by atoms with E-state index >= 15 is 0 Å². The minimum atomic E-state index is -4.74. The topological polar surface area (TPSA) is 86.7 Å². The van der Waals surface area contributed by atoms with Crippen LogP contribution in [-0.2, 0) is 15.8 Å². The zero-order valence-corrected chi connectivity index (χ0v) is 15.6. The summed E-state index contributed by atoms with van der Waals surface area (Å²) in [6.07, 6.45) is -3.67. The fourth-order valence-electron chi connectivity index (χ4n) is 2.52. The van der Waals surface area contributed by atoms with Crippen LogP contribution < -0.4 is 10.2 Å². The molecule has 0 spiro atoms. The number of urea groups is 1. The van der Waals surface area contributed by atoms with Gasteiger partial charge in [0, 0.05) is 0 Å². The highest BCUT2D eigenvalue weighted by Gasteiger charge is 2.39. The number of hydrogen-bond donors (Lipinski definition) is 2. The van der Waals surface area contributed by atoms with Crippen LogP contribution in [0.5, 0.6) is 5.75 Å². The van der Waals surface area contributed by atoms with Gasteiger partial charge in [-0.3, -0.25) is 14.9 Å². The van der Waals surface area contributed by atoms with E-state index in [1.165, 1.54) is 18.2 Å². The average molecular weight is 445 g/mol. The van der Waals surface area contributed by atoms with Crippen LogP contribution in [0.1, 0.15) is 11.1 Å². The SMILES string of the molecule is O=C1NC(=O)N(c2cc(C(F)(F)F)ccc2Cl)C(=O)/C1=C\c1ccc(O)c(Cl)c1. The minimum absolute atomic E-state index is 0.0585. The number of carbonyl (C=O) groups is 3. The van der Waals surface area contributed by atoms with Crippen molar-refractivity contribution >= 4 is 52.8 Å². The van der Waals surface area contributed by atoms with E-state index in [1.807, 2.05) is 5.32 Å². The molecule has 1 aliphatic rings. The molecular formula is C18H9Cl2F3N2O4. The predicted octanol–water partition coefficient (Wildman–Crippen LogP) is 4.38. The fourth-order valence-corrected chi connectivity index (χ4v) is 2.91. The Morgan fingerprint density at radius 3 is 2.31 bits per heavy atom. The Morgan fingerprint density at radius 2 is 1.69 bits per heavy atom. The molecule has 1 aliphatic heterocycles. The van der Waals surface area contributed by atoms with Crippen LogP contribution >= 0.6 is 23.2 Å². The van der Waals surface area contributed by atoms with Crippen LogP contribution in [0.2, 0.25) is 10.0 Å². The number of aromatic hydroxyl groups is 1. The molecule has 0 radical (unpaired) electrons. The van der Waals surface area contributed by atoms with Gasteiger partial charge < -0.3 is 5.11 Å². The molecule has 150 valence electrons. The van der Waals surface area contributed by atoms with Crippen molar-refractivity contribution in [3.63, 3.8) is 0 Å². The van der Waals surface area contributed by atoms with E-state index in [9.17, 15) is 32.7 Å². The number of nitrogens with one attached hydrogen (secondary N) is 1. The molecule has 11 heteroatoms. The van der Waals surface area contributed by atoms with Crippen LogP contribution in [0.3, 0.4) is 0 Å². The number of anilines is 1. The summed E-state index contributed by atoms with van der Waals surface area (Å²) in [5.74, 6) is -2.46. The molecule has 2 aromatic rings. The first-order valence-corrected chi connectivity index (χ1v) is 8.51. The largest absolute Gasteiger partial charge is 0.506 e. The third kappa shape index (κ3) is 4.06. The number of imide groups is 2. The van der Waals surface area contributed by atoms with Gasteiger partial charge >= 0.3 is 12.2 Å². The number of rotatable bonds is 2. The highest BCUT2D eigenvalue weighted by atomic mass is 35.5. The molecule has 6 nitrogen and oxygen atoms in total. The van der Waals surface area contributed by atoms with Crippen LogP contribution in [0, 0.1) is 0 Å². The molecule has 1 saturated heterocycles. The lowest BCUT2D eigenvalue weighted by Crippen LogP contribution is -2.54. The first kappa shape index (κ1) is 20.7. The number of benzene rings is 2. The fraction of sp³-hybridized carbons (Fsp3) is 0.0556. The molecule has 0 bridgehead atoms. The summed E-state index contributed by atoms with van der Waals surface area (Å²) in [7, 11) is 0. The summed E-state index contributed by atoms with van der Waals surface area (Å²) in [5, 5.41) is 11.0. The van der Waals surface area contributed by atoms with Crippen molar-refractivity contribution < 1.29 is 32.7 Å². The first-order valence-electron chi connectivity index (χ1n) is 7.76. The molecule has 2 aromatic carbocycles. The van der Waals surface area contributed by atoms with Gasteiger partial charge in [0.2, 0.25) is 0 Å². The monoisotopic (exact) mass is 444 g/mol. The third-order valence-electron chi connectivity index (χ3n) is 3.90. The van der Waals surface area contributed by atoms with Crippen molar-refractivity contribution in [1.82, 2.24) is 5.32 Å². The molecule has 0 saturated carbocycles. The molecule has 29 heavy (non-hydrogen) atoms. The van der Waals surface area contributed by atoms with E-state index in [0.717, 1.165) is 12.1 Å². The molecule has 0 unspecified atom stereocenters. The summed E-state index contributed by atoms with van der Waals surface area (Å²) in [5.41, 5.74) is -1.98. The number of halogens is 5. The quantitative estimate of drug-likeness (QED) is 0.531. The normalized spacial score (nSPS) is 16.4. The second-order valence-electron chi connectivity index (χ2n) is 5.83. The van der Waals surface area contributed by atoms with Crippen LogP contribution in [0.15, 0.2) is 42.0 Å². The van der Waals surface area contributed by atoms with Crippen molar-refractivity contribution in [2.45, 2.75) is 6.18 Å². The molecule has 3 rings (SSSR count). The predicted molar refractivity (Wildman–Crippen MR) is 98.6 cm³/mol. The lowest BCUT2D eigenvalue weighted by atomic mass is 10.1. The van der Waals surface area contributed by atoms with E-state index in [4.69, 9.17) is 23.2 Å². The van der Waals surface area contributed by atoms with Crippen molar-refractivity contribution in [2.24, 2.45) is 0 Å². The second-order valence-corrected chi connectivity index (χ2v) is 6.65. The highest BCUT2D eigenvalue weighted by Crippen LogP contribution is 2.36. The molecule has 1 fully saturated rings. The number of carbonyl (C=O) groups excluding carboxylic acids is 3. The zero-order valence-electron chi connectivity index (χ0n) is 14.1. The number of nitrogens with zero attached hydrogens (tertiary/aromatic N) is 1. The van der Waals surface area contributed by atoms with Gasteiger partial charge in [-0.1, -0.05) is 29.3 Å². The number of amides is 4. The Hall–Kier alpha value is -3.04. The Balaban J connectivity index is 2.08. The second kappa shape index (κ2) is 7.41. The lowest BCUT2D eigenvalue weighted by Gasteiger charge is -2.27. The lowest BCUT2D eigenvalue weighted by molar-refractivity contribution is -0.137. The van der Waals surface area contributed by atoms with Gasteiger partial charge in [0.15, 0.2) is 0 Å². The number of phenols is 1. The molecule has 1 heterocycles. The van der Waals surface area contributed by atoms with Crippen LogP contribution in [0.4, 0.5) is 23.7 Å². The van der Waals surface area contributed by atoms with Crippen molar-refractivity contribution in [2.75, 3.05) is 4.90 Å². The van der Waals surface area contributed by atoms with Gasteiger partial charge in [-0.15, -0.1) is 0 Å². The van der Waals surface area contributed by atoms with Crippen LogP contribution in [-0.4, -0.2) is 23.0 Å². The maximum absolute atomic E-state index is 13.0. The molecular weight excluding hydrogens is 436 g/mol. The molecule has 2 N–H and O–H groups in total. The Bertz CT molecular complexity index is 1080. The summed E-state index contributed by atoms with van der Waals surface area (Å²) < 4.78 is 39.0. The van der Waals surface area contributed by atoms with E-state index in [-0.39, 0.29) is 21.4 Å². The minimum Gasteiger partial charge on any atom is -0.506 e. The molecule has 0 aliphatic carbocycles. The summed E-state index contributed by atoms with van der Waals surface area (Å²) in [6, 6.07) is 4.67. The smallest absolute Gasteiger partial charge is 0.416 e. The van der Waals surface area contributed by atoms with Crippen molar-refractivity contribution in [3.8, 4) is 5.75 Å². The van der Waals surface area contributed by atoms with E-state index in [2.05, 4.69) is 0 Å². The summed E-state index contributed by atoms with van der Waals surface area (Å²) >= 11 is 11.7. The van der Waals surface area contributed by atoms with Gasteiger partial charge in [0.1, 0.15) is 11.3 Å². The van der Waals surface area contributed by atoms with Gasteiger partial charge in [-0.2, -0.15) is 13.2 Å².